The van der Waals surface area contributed by atoms with Gasteiger partial charge in [-0.05, 0) is 29.8 Å². The van der Waals surface area contributed by atoms with Gasteiger partial charge in [-0.2, -0.15) is 0 Å². The number of nitrogens with one attached hydrogen (secondary N) is 1. The highest BCUT2D eigenvalue weighted by molar-refractivity contribution is 6.30. The van der Waals surface area contributed by atoms with Gasteiger partial charge in [0.1, 0.15) is 11.3 Å². The van der Waals surface area contributed by atoms with Crippen LogP contribution in [0.3, 0.4) is 0 Å². The maximum absolute atomic E-state index is 12.0. The molecule has 1 amide bonds. The third-order valence-electron chi connectivity index (χ3n) is 2.79. The number of hydrogen-bond donors (Lipinski definition) is 2. The third-order valence-corrected chi connectivity index (χ3v) is 3.04. The number of phenols is 1. The second-order valence-corrected chi connectivity index (χ2v) is 4.70. The van der Waals surface area contributed by atoms with Crippen molar-refractivity contribution in [2.24, 2.45) is 0 Å². The largest absolute Gasteiger partial charge is 0.508 e. The average Bonchev–Trinajstić information content (AvgIpc) is 2.46. The summed E-state index contributed by atoms with van der Waals surface area (Å²) in [6.45, 7) is 0.197. The van der Waals surface area contributed by atoms with E-state index in [0.717, 1.165) is 23.8 Å². The molecule has 0 spiro atoms. The molecule has 6 nitrogen and oxygen atoms in total. The SMILES string of the molecule is O=C(NCc1ccc(Cl)cc1)c1cc(O)ccc1[N+](=O)[O-]. The van der Waals surface area contributed by atoms with Crippen molar-refractivity contribution in [2.75, 3.05) is 0 Å². The van der Waals surface area contributed by atoms with Crippen LogP contribution in [-0.2, 0) is 6.54 Å². The molecule has 0 fully saturated rings. The lowest BCUT2D eigenvalue weighted by atomic mass is 10.1. The Bertz CT molecular complexity index is 686. The van der Waals surface area contributed by atoms with Crippen LogP contribution in [0.2, 0.25) is 5.02 Å². The maximum atomic E-state index is 12.0. The van der Waals surface area contributed by atoms with Gasteiger partial charge in [0.2, 0.25) is 0 Å². The van der Waals surface area contributed by atoms with Gasteiger partial charge in [0.15, 0.2) is 0 Å². The molecule has 7 heteroatoms. The predicted molar refractivity (Wildman–Crippen MR) is 77.4 cm³/mol. The number of rotatable bonds is 4. The van der Waals surface area contributed by atoms with E-state index in [9.17, 15) is 20.0 Å². The summed E-state index contributed by atoms with van der Waals surface area (Å²) in [5.41, 5.74) is 0.255. The van der Waals surface area contributed by atoms with Crippen LogP contribution in [0, 0.1) is 10.1 Å². The number of benzene rings is 2. The summed E-state index contributed by atoms with van der Waals surface area (Å²) in [6, 6.07) is 10.1. The Labute approximate surface area is 125 Å². The zero-order valence-corrected chi connectivity index (χ0v) is 11.5. The Morgan fingerprint density at radius 2 is 1.90 bits per heavy atom. The molecule has 2 aromatic carbocycles. The van der Waals surface area contributed by atoms with Crippen LogP contribution in [0.25, 0.3) is 0 Å². The second-order valence-electron chi connectivity index (χ2n) is 4.27. The Morgan fingerprint density at radius 1 is 1.24 bits per heavy atom. The van der Waals surface area contributed by atoms with E-state index in [1.54, 1.807) is 24.3 Å². The molecule has 0 unspecified atom stereocenters. The van der Waals surface area contributed by atoms with E-state index < -0.39 is 10.8 Å². The highest BCUT2D eigenvalue weighted by atomic mass is 35.5. The van der Waals surface area contributed by atoms with Crippen molar-refractivity contribution < 1.29 is 14.8 Å². The number of aromatic hydroxyl groups is 1. The van der Waals surface area contributed by atoms with Gasteiger partial charge in [-0.1, -0.05) is 23.7 Å². The summed E-state index contributed by atoms with van der Waals surface area (Å²) in [5.74, 6) is -0.843. The van der Waals surface area contributed by atoms with Crippen LogP contribution in [0.5, 0.6) is 5.75 Å². The molecule has 0 saturated carbocycles. The van der Waals surface area contributed by atoms with Gasteiger partial charge in [0, 0.05) is 17.6 Å². The van der Waals surface area contributed by atoms with Crippen LogP contribution in [-0.4, -0.2) is 15.9 Å². The molecule has 0 radical (unpaired) electrons. The number of carbonyl (C=O) groups excluding carboxylic acids is 1. The lowest BCUT2D eigenvalue weighted by molar-refractivity contribution is -0.385. The number of halogens is 1. The first-order chi connectivity index (χ1) is 9.97. The van der Waals surface area contributed by atoms with E-state index in [1.165, 1.54) is 0 Å². The normalized spacial score (nSPS) is 10.1. The molecule has 0 bridgehead atoms. The smallest absolute Gasteiger partial charge is 0.282 e. The van der Waals surface area contributed by atoms with Gasteiger partial charge < -0.3 is 10.4 Å². The van der Waals surface area contributed by atoms with Crippen molar-refractivity contribution in [3.05, 3.63) is 68.7 Å². The molecule has 2 N–H and O–H groups in total. The van der Waals surface area contributed by atoms with E-state index in [0.29, 0.717) is 5.02 Å². The van der Waals surface area contributed by atoms with Crippen molar-refractivity contribution in [3.63, 3.8) is 0 Å². The Balaban J connectivity index is 2.15. The fraction of sp³-hybridized carbons (Fsp3) is 0.0714. The van der Waals surface area contributed by atoms with Crippen LogP contribution >= 0.6 is 11.6 Å². The molecule has 0 heterocycles. The minimum Gasteiger partial charge on any atom is -0.508 e. The molecule has 0 aromatic heterocycles. The van der Waals surface area contributed by atoms with E-state index in [-0.39, 0.29) is 23.5 Å². The highest BCUT2D eigenvalue weighted by Crippen LogP contribution is 2.23. The summed E-state index contributed by atoms with van der Waals surface area (Å²) in [5, 5.41) is 23.4. The minimum atomic E-state index is -0.670. The van der Waals surface area contributed by atoms with Gasteiger partial charge in [-0.25, -0.2) is 0 Å². The molecule has 0 aliphatic carbocycles. The number of carbonyl (C=O) groups is 1. The van der Waals surface area contributed by atoms with Gasteiger partial charge >= 0.3 is 0 Å². The Morgan fingerprint density at radius 3 is 2.52 bits per heavy atom. The zero-order chi connectivity index (χ0) is 15.4. The van der Waals surface area contributed by atoms with Crippen molar-refractivity contribution >= 4 is 23.2 Å². The molecule has 108 valence electrons. The molecule has 2 rings (SSSR count). The molecule has 21 heavy (non-hydrogen) atoms. The number of nitro groups is 1. The number of amides is 1. The lowest BCUT2D eigenvalue weighted by Crippen LogP contribution is -2.23. The van der Waals surface area contributed by atoms with Crippen LogP contribution in [0.4, 0.5) is 5.69 Å². The molecule has 0 saturated heterocycles. The summed E-state index contributed by atoms with van der Waals surface area (Å²) in [6.07, 6.45) is 0. The van der Waals surface area contributed by atoms with Crippen molar-refractivity contribution in [1.29, 1.82) is 0 Å². The topological polar surface area (TPSA) is 92.5 Å². The fourth-order valence-corrected chi connectivity index (χ4v) is 1.87. The third kappa shape index (κ3) is 3.70. The van der Waals surface area contributed by atoms with E-state index in [4.69, 9.17) is 11.6 Å². The number of phenolic OH excluding ortho intramolecular Hbond substituents is 1. The Kier molecular flexibility index (Phi) is 4.39. The first-order valence-electron chi connectivity index (χ1n) is 5.97. The lowest BCUT2D eigenvalue weighted by Gasteiger charge is -2.06. The monoisotopic (exact) mass is 306 g/mol. The van der Waals surface area contributed by atoms with Crippen LogP contribution in [0.1, 0.15) is 15.9 Å². The van der Waals surface area contributed by atoms with E-state index in [2.05, 4.69) is 5.32 Å². The molecule has 0 aliphatic heterocycles. The number of nitro benzene ring substituents is 1. The maximum Gasteiger partial charge on any atom is 0.282 e. The molecule has 0 aliphatic rings. The quantitative estimate of drug-likeness (QED) is 0.671. The van der Waals surface area contributed by atoms with Crippen LogP contribution in [0.15, 0.2) is 42.5 Å². The summed E-state index contributed by atoms with van der Waals surface area (Å²) in [7, 11) is 0. The highest BCUT2D eigenvalue weighted by Gasteiger charge is 2.20. The zero-order valence-electron chi connectivity index (χ0n) is 10.7. The minimum absolute atomic E-state index is 0.186. The molecular weight excluding hydrogens is 296 g/mol. The predicted octanol–water partition coefficient (Wildman–Crippen LogP) is 2.88. The van der Waals surface area contributed by atoms with Crippen molar-refractivity contribution in [3.8, 4) is 5.75 Å². The average molecular weight is 307 g/mol. The second kappa shape index (κ2) is 6.23. The fourth-order valence-electron chi connectivity index (χ4n) is 1.74. The summed E-state index contributed by atoms with van der Waals surface area (Å²) in [4.78, 5) is 22.2. The van der Waals surface area contributed by atoms with Gasteiger partial charge in [0.05, 0.1) is 4.92 Å². The first-order valence-corrected chi connectivity index (χ1v) is 6.35. The van der Waals surface area contributed by atoms with Crippen LogP contribution < -0.4 is 5.32 Å². The molecule has 0 atom stereocenters. The number of nitrogens with zero attached hydrogens (tertiary/aromatic N) is 1. The van der Waals surface area contributed by atoms with Gasteiger partial charge in [-0.3, -0.25) is 14.9 Å². The molecular formula is C14H11ClN2O4. The van der Waals surface area contributed by atoms with Crippen molar-refractivity contribution in [1.82, 2.24) is 5.32 Å². The van der Waals surface area contributed by atoms with E-state index in [1.807, 2.05) is 0 Å². The summed E-state index contributed by atoms with van der Waals surface area (Å²) >= 11 is 5.75. The Hall–Kier alpha value is -2.60. The number of hydrogen-bond acceptors (Lipinski definition) is 4. The summed E-state index contributed by atoms with van der Waals surface area (Å²) < 4.78 is 0. The first kappa shape index (κ1) is 14.8. The molecule has 2 aromatic rings. The van der Waals surface area contributed by atoms with E-state index >= 15 is 0 Å². The van der Waals surface area contributed by atoms with Gasteiger partial charge in [-0.15, -0.1) is 0 Å². The standard InChI is InChI=1S/C14H11ClN2O4/c15-10-3-1-9(2-4-10)8-16-14(19)12-7-11(18)5-6-13(12)17(20)21/h1-7,18H,8H2,(H,16,19). The van der Waals surface area contributed by atoms with Gasteiger partial charge in [0.25, 0.3) is 11.6 Å². The van der Waals surface area contributed by atoms with Crippen molar-refractivity contribution in [2.45, 2.75) is 6.54 Å².